The van der Waals surface area contributed by atoms with Crippen LogP contribution in [0.2, 0.25) is 0 Å². The molecule has 1 atom stereocenters. The van der Waals surface area contributed by atoms with Crippen LogP contribution in [0, 0.1) is 0 Å². The first kappa shape index (κ1) is 24.3. The van der Waals surface area contributed by atoms with Gasteiger partial charge in [-0.05, 0) is 51.5 Å². The van der Waals surface area contributed by atoms with Crippen molar-refractivity contribution < 1.29 is 8.95 Å². The predicted molar refractivity (Wildman–Crippen MR) is 126 cm³/mol. The Morgan fingerprint density at radius 2 is 1.70 bits per heavy atom. The summed E-state index contributed by atoms with van der Waals surface area (Å²) in [4.78, 5) is 9.88. The van der Waals surface area contributed by atoms with E-state index in [0.29, 0.717) is 13.1 Å². The predicted octanol–water partition coefficient (Wildman–Crippen LogP) is 3.87. The van der Waals surface area contributed by atoms with E-state index in [-0.39, 0.29) is 5.60 Å². The molecule has 2 heterocycles. The van der Waals surface area contributed by atoms with Crippen LogP contribution in [0.5, 0.6) is 0 Å². The molecule has 1 aromatic rings. The molecule has 0 aliphatic carbocycles. The van der Waals surface area contributed by atoms with Crippen molar-refractivity contribution in [1.29, 1.82) is 0 Å². The quantitative estimate of drug-likeness (QED) is 0.660. The van der Waals surface area contributed by atoms with Gasteiger partial charge in [0.1, 0.15) is 5.60 Å². The van der Waals surface area contributed by atoms with E-state index in [1.54, 1.807) is 0 Å². The van der Waals surface area contributed by atoms with Gasteiger partial charge in [0.05, 0.1) is 18.0 Å². The van der Waals surface area contributed by atoms with Gasteiger partial charge in [-0.15, -0.1) is 0 Å². The highest BCUT2D eigenvalue weighted by atomic mass is 32.2. The minimum absolute atomic E-state index is 0.245. The first-order chi connectivity index (χ1) is 14.3. The Balaban J connectivity index is 0.00000155. The van der Waals surface area contributed by atoms with E-state index in [0.717, 1.165) is 49.3 Å². The summed E-state index contributed by atoms with van der Waals surface area (Å²) in [5.41, 5.74) is 1.01. The average Bonchev–Trinajstić information content (AvgIpc) is 3.23. The highest BCUT2D eigenvalue weighted by Gasteiger charge is 2.31. The van der Waals surface area contributed by atoms with Gasteiger partial charge in [-0.2, -0.15) is 0 Å². The van der Waals surface area contributed by atoms with Crippen molar-refractivity contribution in [2.24, 2.45) is 4.99 Å². The average molecular weight is 435 g/mol. The number of guanidine groups is 1. The van der Waals surface area contributed by atoms with Gasteiger partial charge in [-0.1, -0.05) is 32.9 Å². The molecule has 0 N–H and O–H groups in total. The summed E-state index contributed by atoms with van der Waals surface area (Å²) in [6.45, 7) is 20.9. The van der Waals surface area contributed by atoms with Crippen molar-refractivity contribution >= 4 is 16.9 Å². The van der Waals surface area contributed by atoms with Crippen LogP contribution in [0.15, 0.2) is 46.6 Å². The molecule has 2 aliphatic heterocycles. The third-order valence-electron chi connectivity index (χ3n) is 4.85. The first-order valence-corrected chi connectivity index (χ1v) is 12.1. The van der Waals surface area contributed by atoms with Crippen molar-refractivity contribution in [1.82, 2.24) is 14.1 Å². The van der Waals surface area contributed by atoms with Crippen molar-refractivity contribution in [2.75, 3.05) is 39.3 Å². The maximum absolute atomic E-state index is 13.1. The topological polar surface area (TPSA) is 48.4 Å². The molecule has 0 spiro atoms. The molecule has 0 saturated carbocycles. The van der Waals surface area contributed by atoms with Gasteiger partial charge in [0, 0.05) is 26.2 Å². The summed E-state index contributed by atoms with van der Waals surface area (Å²) in [6, 6.07) is 8.05. The number of hydrogen-bond acceptors (Lipinski definition) is 5. The van der Waals surface area contributed by atoms with Gasteiger partial charge in [-0.3, -0.25) is 9.30 Å². The van der Waals surface area contributed by atoms with Crippen molar-refractivity contribution in [3.8, 4) is 0 Å². The standard InChI is InChI=1S/C21H32N4O2S.C2H6/c1-6-18-7-9-19(10-8-18)28(26)25-12-11-22-20(25)24-15-13-23(14-16-24)17(2)27-21(3,4)5;1-2/h7-10H,2,6,11-16H2,1,3-5H3;1-2H3. The van der Waals surface area contributed by atoms with E-state index >= 15 is 0 Å². The fourth-order valence-corrected chi connectivity index (χ4v) is 4.57. The van der Waals surface area contributed by atoms with E-state index in [1.807, 2.05) is 51.1 Å². The van der Waals surface area contributed by atoms with Crippen LogP contribution in [-0.2, 0) is 22.1 Å². The SMILES string of the molecule is C=C(OC(C)(C)C)N1CCN(C2=NCCN2S(=O)c2ccc(CC)cc2)CC1.CC. The Kier molecular flexibility index (Phi) is 8.77. The Hall–Kier alpha value is -2.02. The number of nitrogens with zero attached hydrogens (tertiary/aromatic N) is 4. The highest BCUT2D eigenvalue weighted by molar-refractivity contribution is 7.83. The fourth-order valence-electron chi connectivity index (χ4n) is 3.38. The maximum atomic E-state index is 13.1. The normalized spacial score (nSPS) is 17.8. The Labute approximate surface area is 185 Å². The van der Waals surface area contributed by atoms with Crippen LogP contribution in [-0.4, -0.2) is 69.1 Å². The molecule has 0 aromatic heterocycles. The van der Waals surface area contributed by atoms with Gasteiger partial charge in [0.25, 0.3) is 0 Å². The van der Waals surface area contributed by atoms with Crippen LogP contribution in [0.4, 0.5) is 0 Å². The summed E-state index contributed by atoms with van der Waals surface area (Å²) in [5, 5.41) is 0. The molecule has 3 rings (SSSR count). The molecular weight excluding hydrogens is 396 g/mol. The minimum atomic E-state index is -1.23. The summed E-state index contributed by atoms with van der Waals surface area (Å²) >= 11 is 0. The number of hydrogen-bond donors (Lipinski definition) is 0. The van der Waals surface area contributed by atoms with Gasteiger partial charge in [0.2, 0.25) is 5.96 Å². The molecule has 1 unspecified atom stereocenters. The van der Waals surface area contributed by atoms with Crippen LogP contribution in [0.3, 0.4) is 0 Å². The molecule has 168 valence electrons. The lowest BCUT2D eigenvalue weighted by Crippen LogP contribution is -2.52. The molecule has 1 aromatic carbocycles. The van der Waals surface area contributed by atoms with Crippen molar-refractivity contribution in [3.05, 3.63) is 42.3 Å². The number of ether oxygens (including phenoxy) is 1. The number of rotatable bonds is 5. The number of piperazine rings is 1. The van der Waals surface area contributed by atoms with E-state index in [1.165, 1.54) is 5.56 Å². The second kappa shape index (κ2) is 10.8. The smallest absolute Gasteiger partial charge is 0.209 e. The van der Waals surface area contributed by atoms with E-state index in [2.05, 4.69) is 40.4 Å². The van der Waals surface area contributed by atoms with Crippen molar-refractivity contribution in [2.45, 2.75) is 58.5 Å². The molecule has 1 saturated heterocycles. The molecule has 30 heavy (non-hydrogen) atoms. The third kappa shape index (κ3) is 6.24. The summed E-state index contributed by atoms with van der Waals surface area (Å²) < 4.78 is 20.9. The molecule has 6 nitrogen and oxygen atoms in total. The van der Waals surface area contributed by atoms with Crippen LogP contribution in [0.25, 0.3) is 0 Å². The summed E-state index contributed by atoms with van der Waals surface area (Å²) in [7, 11) is -1.23. The molecular formula is C23H38N4O2S. The van der Waals surface area contributed by atoms with Gasteiger partial charge in [-0.25, -0.2) is 4.21 Å². The summed E-state index contributed by atoms with van der Waals surface area (Å²) in [5.74, 6) is 1.57. The summed E-state index contributed by atoms with van der Waals surface area (Å²) in [6.07, 6.45) is 0.984. The fraction of sp³-hybridized carbons (Fsp3) is 0.609. The highest BCUT2D eigenvalue weighted by Crippen LogP contribution is 2.21. The Morgan fingerprint density at radius 1 is 1.10 bits per heavy atom. The second-order valence-electron chi connectivity index (χ2n) is 8.11. The minimum Gasteiger partial charge on any atom is -0.474 e. The third-order valence-corrected chi connectivity index (χ3v) is 6.27. The molecule has 0 amide bonds. The van der Waals surface area contributed by atoms with Gasteiger partial charge in [0.15, 0.2) is 16.9 Å². The number of aryl methyl sites for hydroxylation is 1. The number of benzene rings is 1. The van der Waals surface area contributed by atoms with Gasteiger partial charge < -0.3 is 14.5 Å². The monoisotopic (exact) mass is 434 g/mol. The molecule has 7 heteroatoms. The van der Waals surface area contributed by atoms with Crippen LogP contribution >= 0.6 is 0 Å². The Bertz CT molecular complexity index is 747. The molecule has 1 fully saturated rings. The van der Waals surface area contributed by atoms with Crippen LogP contribution < -0.4 is 0 Å². The lowest BCUT2D eigenvalue weighted by Gasteiger charge is -2.40. The van der Waals surface area contributed by atoms with E-state index in [9.17, 15) is 4.21 Å². The lowest BCUT2D eigenvalue weighted by molar-refractivity contribution is -0.00529. The van der Waals surface area contributed by atoms with Crippen molar-refractivity contribution in [3.63, 3.8) is 0 Å². The largest absolute Gasteiger partial charge is 0.474 e. The zero-order chi connectivity index (χ0) is 22.3. The Morgan fingerprint density at radius 3 is 2.23 bits per heavy atom. The van der Waals surface area contributed by atoms with E-state index in [4.69, 9.17) is 4.74 Å². The van der Waals surface area contributed by atoms with E-state index < -0.39 is 11.0 Å². The zero-order valence-electron chi connectivity index (χ0n) is 19.5. The maximum Gasteiger partial charge on any atom is 0.209 e. The first-order valence-electron chi connectivity index (χ1n) is 11.0. The molecule has 0 radical (unpaired) electrons. The molecule has 0 bridgehead atoms. The lowest BCUT2D eigenvalue weighted by atomic mass is 10.2. The zero-order valence-corrected chi connectivity index (χ0v) is 20.3. The van der Waals surface area contributed by atoms with Gasteiger partial charge >= 0.3 is 0 Å². The molecule has 2 aliphatic rings. The number of aliphatic imine (C=N–C) groups is 1. The van der Waals surface area contributed by atoms with Crippen LogP contribution in [0.1, 0.15) is 47.1 Å². The second-order valence-corrected chi connectivity index (χ2v) is 9.52.